The summed E-state index contributed by atoms with van der Waals surface area (Å²) < 4.78 is 5.27. The fourth-order valence-electron chi connectivity index (χ4n) is 2.06. The number of cyclic esters (lactones) is 1. The minimum atomic E-state index is -0.929. The number of carbonyl (C=O) groups excluding carboxylic acids is 1. The molecule has 0 fully saturated rings. The zero-order chi connectivity index (χ0) is 11.1. The van der Waals surface area contributed by atoms with Gasteiger partial charge < -0.3 is 4.74 Å². The lowest BCUT2D eigenvalue weighted by Gasteiger charge is -2.25. The summed E-state index contributed by atoms with van der Waals surface area (Å²) >= 11 is 0. The number of esters is 1. The van der Waals surface area contributed by atoms with Gasteiger partial charge in [-0.3, -0.25) is 5.73 Å². The number of benzene rings is 1. The van der Waals surface area contributed by atoms with Gasteiger partial charge in [-0.15, -0.1) is 0 Å². The summed E-state index contributed by atoms with van der Waals surface area (Å²) in [6, 6.07) is 7.32. The van der Waals surface area contributed by atoms with Crippen LogP contribution in [0.2, 0.25) is 0 Å². The molecule has 2 rings (SSSR count). The standard InChI is InChI=1S/C12H15NO2/c1-8(2)7-12(13)10-6-4-3-5-9(10)11(14)15-12/h3-6,8H,7,13H2,1-2H3. The highest BCUT2D eigenvalue weighted by atomic mass is 16.6. The van der Waals surface area contributed by atoms with Gasteiger partial charge in [0.1, 0.15) is 0 Å². The maximum absolute atomic E-state index is 11.6. The van der Waals surface area contributed by atoms with E-state index < -0.39 is 5.72 Å². The van der Waals surface area contributed by atoms with E-state index in [1.54, 1.807) is 6.07 Å². The largest absolute Gasteiger partial charge is 0.436 e. The number of rotatable bonds is 2. The van der Waals surface area contributed by atoms with Crippen molar-refractivity contribution in [2.24, 2.45) is 11.7 Å². The van der Waals surface area contributed by atoms with Gasteiger partial charge >= 0.3 is 5.97 Å². The molecule has 15 heavy (non-hydrogen) atoms. The van der Waals surface area contributed by atoms with E-state index in [4.69, 9.17) is 10.5 Å². The van der Waals surface area contributed by atoms with Gasteiger partial charge in [0.05, 0.1) is 5.56 Å². The predicted molar refractivity (Wildman–Crippen MR) is 57.2 cm³/mol. The van der Waals surface area contributed by atoms with Crippen LogP contribution in [0.1, 0.15) is 36.2 Å². The summed E-state index contributed by atoms with van der Waals surface area (Å²) in [4.78, 5) is 11.6. The molecule has 1 atom stereocenters. The summed E-state index contributed by atoms with van der Waals surface area (Å²) in [5.74, 6) is 0.0720. The van der Waals surface area contributed by atoms with Crippen molar-refractivity contribution >= 4 is 5.97 Å². The van der Waals surface area contributed by atoms with Crippen LogP contribution in [0.3, 0.4) is 0 Å². The molecule has 80 valence electrons. The minimum absolute atomic E-state index is 0.311. The van der Waals surface area contributed by atoms with Crippen LogP contribution < -0.4 is 5.73 Å². The molecule has 0 amide bonds. The summed E-state index contributed by atoms with van der Waals surface area (Å²) in [7, 11) is 0. The van der Waals surface area contributed by atoms with Gasteiger partial charge in [-0.2, -0.15) is 0 Å². The van der Waals surface area contributed by atoms with Crippen LogP contribution in [-0.4, -0.2) is 5.97 Å². The second kappa shape index (κ2) is 3.35. The number of ether oxygens (including phenoxy) is 1. The van der Waals surface area contributed by atoms with E-state index in [0.717, 1.165) is 5.56 Å². The molecule has 0 aromatic heterocycles. The Morgan fingerprint density at radius 1 is 1.40 bits per heavy atom. The Kier molecular flexibility index (Phi) is 2.27. The summed E-state index contributed by atoms with van der Waals surface area (Å²) in [6.07, 6.45) is 0.649. The Balaban J connectivity index is 2.43. The third-order valence-electron chi connectivity index (χ3n) is 2.59. The Bertz CT molecular complexity index is 400. The van der Waals surface area contributed by atoms with Gasteiger partial charge in [-0.05, 0) is 12.0 Å². The monoisotopic (exact) mass is 205 g/mol. The molecule has 3 heteroatoms. The highest BCUT2D eigenvalue weighted by Gasteiger charge is 2.42. The van der Waals surface area contributed by atoms with Gasteiger partial charge in [-0.25, -0.2) is 4.79 Å². The second-order valence-corrected chi connectivity index (χ2v) is 4.42. The van der Waals surface area contributed by atoms with E-state index in [-0.39, 0.29) is 5.97 Å². The lowest BCUT2D eigenvalue weighted by Crippen LogP contribution is -2.38. The fraction of sp³-hybridized carbons (Fsp3) is 0.417. The Labute approximate surface area is 89.2 Å². The third-order valence-corrected chi connectivity index (χ3v) is 2.59. The normalized spacial score (nSPS) is 24.1. The summed E-state index contributed by atoms with van der Waals surface area (Å²) in [5, 5.41) is 0. The Morgan fingerprint density at radius 2 is 2.07 bits per heavy atom. The lowest BCUT2D eigenvalue weighted by atomic mass is 9.93. The fourth-order valence-corrected chi connectivity index (χ4v) is 2.06. The molecule has 0 bridgehead atoms. The van der Waals surface area contributed by atoms with Crippen molar-refractivity contribution < 1.29 is 9.53 Å². The van der Waals surface area contributed by atoms with E-state index in [1.165, 1.54) is 0 Å². The van der Waals surface area contributed by atoms with Gasteiger partial charge in [0.25, 0.3) is 0 Å². The molecule has 1 unspecified atom stereocenters. The van der Waals surface area contributed by atoms with Crippen LogP contribution in [0.5, 0.6) is 0 Å². The number of hydrogen-bond donors (Lipinski definition) is 1. The molecule has 1 aliphatic rings. The van der Waals surface area contributed by atoms with Crippen LogP contribution in [-0.2, 0) is 10.5 Å². The molecule has 0 saturated heterocycles. The van der Waals surface area contributed by atoms with Crippen molar-refractivity contribution in [3.8, 4) is 0 Å². The summed E-state index contributed by atoms with van der Waals surface area (Å²) in [5.41, 5.74) is 6.60. The molecule has 0 saturated carbocycles. The van der Waals surface area contributed by atoms with Crippen molar-refractivity contribution in [3.05, 3.63) is 35.4 Å². The average molecular weight is 205 g/mol. The zero-order valence-corrected chi connectivity index (χ0v) is 8.99. The van der Waals surface area contributed by atoms with Gasteiger partial charge in [-0.1, -0.05) is 32.0 Å². The number of carbonyl (C=O) groups is 1. The molecule has 1 aromatic rings. The molecule has 1 heterocycles. The number of nitrogens with two attached hydrogens (primary N) is 1. The molecule has 0 aliphatic carbocycles. The smallest absolute Gasteiger partial charge is 0.340 e. The van der Waals surface area contributed by atoms with Crippen LogP contribution in [0.4, 0.5) is 0 Å². The van der Waals surface area contributed by atoms with Crippen molar-refractivity contribution in [1.29, 1.82) is 0 Å². The minimum Gasteiger partial charge on any atom is -0.436 e. The molecule has 1 aromatic carbocycles. The number of fused-ring (bicyclic) bond motifs is 1. The average Bonchev–Trinajstić information content (AvgIpc) is 2.39. The molecular formula is C12H15NO2. The maximum atomic E-state index is 11.6. The molecule has 3 nitrogen and oxygen atoms in total. The van der Waals surface area contributed by atoms with Crippen molar-refractivity contribution in [3.63, 3.8) is 0 Å². The molecular weight excluding hydrogens is 190 g/mol. The maximum Gasteiger partial charge on any atom is 0.340 e. The SMILES string of the molecule is CC(C)CC1(N)OC(=O)c2ccccc21. The van der Waals surface area contributed by atoms with E-state index in [9.17, 15) is 4.79 Å². The molecule has 0 radical (unpaired) electrons. The first-order valence-electron chi connectivity index (χ1n) is 5.14. The zero-order valence-electron chi connectivity index (χ0n) is 8.99. The van der Waals surface area contributed by atoms with Crippen molar-refractivity contribution in [2.75, 3.05) is 0 Å². The third kappa shape index (κ3) is 1.63. The van der Waals surface area contributed by atoms with Crippen LogP contribution in [0.25, 0.3) is 0 Å². The van der Waals surface area contributed by atoms with Crippen LogP contribution in [0.15, 0.2) is 24.3 Å². The molecule has 0 spiro atoms. The van der Waals surface area contributed by atoms with Gasteiger partial charge in [0, 0.05) is 12.0 Å². The van der Waals surface area contributed by atoms with Crippen LogP contribution in [0, 0.1) is 5.92 Å². The lowest BCUT2D eigenvalue weighted by molar-refractivity contribution is -0.0155. The quantitative estimate of drug-likeness (QED) is 0.751. The first-order chi connectivity index (χ1) is 7.03. The topological polar surface area (TPSA) is 52.3 Å². The highest BCUT2D eigenvalue weighted by molar-refractivity contribution is 5.94. The van der Waals surface area contributed by atoms with Crippen molar-refractivity contribution in [2.45, 2.75) is 26.0 Å². The number of hydrogen-bond acceptors (Lipinski definition) is 3. The van der Waals surface area contributed by atoms with E-state index in [2.05, 4.69) is 13.8 Å². The van der Waals surface area contributed by atoms with Crippen LogP contribution >= 0.6 is 0 Å². The molecule has 2 N–H and O–H groups in total. The van der Waals surface area contributed by atoms with E-state index in [0.29, 0.717) is 17.9 Å². The van der Waals surface area contributed by atoms with Gasteiger partial charge in [0.15, 0.2) is 5.72 Å². The Hall–Kier alpha value is -1.35. The first kappa shape index (κ1) is 10.2. The first-order valence-corrected chi connectivity index (χ1v) is 5.14. The second-order valence-electron chi connectivity index (χ2n) is 4.42. The Morgan fingerprint density at radius 3 is 2.73 bits per heavy atom. The predicted octanol–water partition coefficient (Wildman–Crippen LogP) is 2.01. The van der Waals surface area contributed by atoms with E-state index in [1.807, 2.05) is 18.2 Å². The highest BCUT2D eigenvalue weighted by Crippen LogP contribution is 2.36. The molecule has 1 aliphatic heterocycles. The van der Waals surface area contributed by atoms with Crippen molar-refractivity contribution in [1.82, 2.24) is 0 Å². The summed E-state index contributed by atoms with van der Waals surface area (Å²) in [6.45, 7) is 4.12. The van der Waals surface area contributed by atoms with Gasteiger partial charge in [0.2, 0.25) is 0 Å². The van der Waals surface area contributed by atoms with E-state index >= 15 is 0 Å².